The second-order valence-corrected chi connectivity index (χ2v) is 6.27. The van der Waals surface area contributed by atoms with Crippen LogP contribution in [0.2, 0.25) is 0 Å². The van der Waals surface area contributed by atoms with Gasteiger partial charge < -0.3 is 5.32 Å². The van der Waals surface area contributed by atoms with Crippen LogP contribution in [0.15, 0.2) is 47.2 Å². The Morgan fingerprint density at radius 2 is 1.90 bits per heavy atom. The molecule has 0 amide bonds. The largest absolute Gasteiger partial charge is 0.316 e. The highest BCUT2D eigenvalue weighted by molar-refractivity contribution is 7.07. The molecule has 0 aliphatic rings. The third-order valence-electron chi connectivity index (χ3n) is 4.08. The second-order valence-electron chi connectivity index (χ2n) is 5.49. The van der Waals surface area contributed by atoms with Crippen molar-refractivity contribution in [1.82, 2.24) is 5.32 Å². The van der Waals surface area contributed by atoms with Crippen LogP contribution in [-0.4, -0.2) is 13.1 Å². The molecule has 1 aromatic carbocycles. The van der Waals surface area contributed by atoms with Crippen LogP contribution in [0, 0.1) is 0 Å². The molecule has 1 aromatic heterocycles. The molecule has 2 heteroatoms. The van der Waals surface area contributed by atoms with Crippen molar-refractivity contribution in [3.05, 3.63) is 58.3 Å². The average molecular weight is 287 g/mol. The Bertz CT molecular complexity index is 477. The Hall–Kier alpha value is -1.12. The van der Waals surface area contributed by atoms with Gasteiger partial charge in [0.15, 0.2) is 0 Å². The zero-order chi connectivity index (χ0) is 14.3. The lowest BCUT2D eigenvalue weighted by Crippen LogP contribution is -2.40. The Morgan fingerprint density at radius 3 is 2.50 bits per heavy atom. The van der Waals surface area contributed by atoms with E-state index in [9.17, 15) is 0 Å². The van der Waals surface area contributed by atoms with Crippen LogP contribution in [-0.2, 0) is 11.8 Å². The highest BCUT2D eigenvalue weighted by Gasteiger charge is 2.30. The highest BCUT2D eigenvalue weighted by Crippen LogP contribution is 2.32. The molecule has 0 fully saturated rings. The number of benzene rings is 1. The van der Waals surface area contributed by atoms with Gasteiger partial charge in [0.25, 0.3) is 0 Å². The summed E-state index contributed by atoms with van der Waals surface area (Å²) in [7, 11) is 0. The predicted molar refractivity (Wildman–Crippen MR) is 89.6 cm³/mol. The topological polar surface area (TPSA) is 12.0 Å². The molecular weight excluding hydrogens is 262 g/mol. The van der Waals surface area contributed by atoms with E-state index in [-0.39, 0.29) is 5.41 Å². The molecule has 0 aliphatic heterocycles. The van der Waals surface area contributed by atoms with Gasteiger partial charge in [-0.25, -0.2) is 0 Å². The van der Waals surface area contributed by atoms with Gasteiger partial charge in [-0.2, -0.15) is 11.3 Å². The van der Waals surface area contributed by atoms with E-state index in [0.717, 1.165) is 25.9 Å². The zero-order valence-electron chi connectivity index (χ0n) is 12.6. The van der Waals surface area contributed by atoms with Crippen LogP contribution >= 0.6 is 11.3 Å². The van der Waals surface area contributed by atoms with Gasteiger partial charge in [-0.05, 0) is 53.8 Å². The summed E-state index contributed by atoms with van der Waals surface area (Å²) in [5.74, 6) is 0. The standard InChI is InChI=1S/C18H25NS/c1-3-11-19-15-18(4-2,13-16-10-12-20-14-16)17-8-6-5-7-9-17/h5-10,12,14,19H,3-4,11,13,15H2,1-2H3. The smallest absolute Gasteiger partial charge is 0.0116 e. The maximum Gasteiger partial charge on any atom is 0.0116 e. The summed E-state index contributed by atoms with van der Waals surface area (Å²) in [6.45, 7) is 6.68. The minimum atomic E-state index is 0.206. The molecule has 0 saturated carbocycles. The molecule has 1 unspecified atom stereocenters. The van der Waals surface area contributed by atoms with Gasteiger partial charge in [0, 0.05) is 12.0 Å². The molecule has 0 radical (unpaired) electrons. The minimum absolute atomic E-state index is 0.206. The van der Waals surface area contributed by atoms with Crippen molar-refractivity contribution >= 4 is 11.3 Å². The monoisotopic (exact) mass is 287 g/mol. The summed E-state index contributed by atoms with van der Waals surface area (Å²) in [6, 6.07) is 13.2. The molecule has 2 aromatic rings. The summed E-state index contributed by atoms with van der Waals surface area (Å²) in [5.41, 5.74) is 3.12. The van der Waals surface area contributed by atoms with Gasteiger partial charge >= 0.3 is 0 Å². The first-order valence-corrected chi connectivity index (χ1v) is 8.52. The van der Waals surface area contributed by atoms with Crippen LogP contribution in [0.3, 0.4) is 0 Å². The van der Waals surface area contributed by atoms with Crippen LogP contribution < -0.4 is 5.32 Å². The third-order valence-corrected chi connectivity index (χ3v) is 4.81. The fraction of sp³-hybridized carbons (Fsp3) is 0.444. The van der Waals surface area contributed by atoms with Crippen molar-refractivity contribution in [2.45, 2.75) is 38.5 Å². The molecule has 0 aliphatic carbocycles. The number of nitrogens with one attached hydrogen (secondary N) is 1. The molecule has 1 N–H and O–H groups in total. The first kappa shape index (κ1) is 15.3. The van der Waals surface area contributed by atoms with Crippen LogP contribution in [0.25, 0.3) is 0 Å². The highest BCUT2D eigenvalue weighted by atomic mass is 32.1. The maximum atomic E-state index is 3.64. The van der Waals surface area contributed by atoms with Crippen LogP contribution in [0.4, 0.5) is 0 Å². The Balaban J connectivity index is 2.25. The maximum absolute atomic E-state index is 3.64. The predicted octanol–water partition coefficient (Wildman–Crippen LogP) is 4.64. The van der Waals surface area contributed by atoms with Gasteiger partial charge in [-0.15, -0.1) is 0 Å². The van der Waals surface area contributed by atoms with E-state index in [1.807, 2.05) is 0 Å². The van der Waals surface area contributed by atoms with E-state index in [4.69, 9.17) is 0 Å². The summed E-state index contributed by atoms with van der Waals surface area (Å²) in [4.78, 5) is 0. The van der Waals surface area contributed by atoms with E-state index >= 15 is 0 Å². The minimum Gasteiger partial charge on any atom is -0.316 e. The van der Waals surface area contributed by atoms with Crippen molar-refractivity contribution in [2.24, 2.45) is 0 Å². The van der Waals surface area contributed by atoms with E-state index in [1.165, 1.54) is 17.5 Å². The molecule has 2 rings (SSSR count). The molecule has 1 heterocycles. The molecule has 1 nitrogen and oxygen atoms in total. The first-order valence-electron chi connectivity index (χ1n) is 7.58. The second kappa shape index (κ2) is 7.61. The van der Waals surface area contributed by atoms with Gasteiger partial charge in [0.05, 0.1) is 0 Å². The number of hydrogen-bond donors (Lipinski definition) is 1. The van der Waals surface area contributed by atoms with Gasteiger partial charge in [-0.1, -0.05) is 44.2 Å². The number of rotatable bonds is 8. The lowest BCUT2D eigenvalue weighted by atomic mass is 9.73. The normalized spacial score (nSPS) is 14.1. The zero-order valence-corrected chi connectivity index (χ0v) is 13.4. The van der Waals surface area contributed by atoms with Gasteiger partial charge in [-0.3, -0.25) is 0 Å². The molecule has 20 heavy (non-hydrogen) atoms. The summed E-state index contributed by atoms with van der Waals surface area (Å²) in [5, 5.41) is 8.11. The van der Waals surface area contributed by atoms with Gasteiger partial charge in [0.1, 0.15) is 0 Å². The fourth-order valence-corrected chi connectivity index (χ4v) is 3.47. The quantitative estimate of drug-likeness (QED) is 0.698. The van der Waals surface area contributed by atoms with E-state index in [1.54, 1.807) is 11.3 Å². The fourth-order valence-electron chi connectivity index (χ4n) is 2.80. The molecule has 0 spiro atoms. The third kappa shape index (κ3) is 3.71. The first-order chi connectivity index (χ1) is 9.80. The average Bonchev–Trinajstić information content (AvgIpc) is 3.00. The van der Waals surface area contributed by atoms with Crippen molar-refractivity contribution in [3.8, 4) is 0 Å². The SMILES string of the molecule is CCCNCC(CC)(Cc1ccsc1)c1ccccc1. The van der Waals surface area contributed by atoms with Crippen molar-refractivity contribution in [3.63, 3.8) is 0 Å². The lowest BCUT2D eigenvalue weighted by molar-refractivity contribution is 0.378. The lowest BCUT2D eigenvalue weighted by Gasteiger charge is -2.34. The van der Waals surface area contributed by atoms with E-state index in [2.05, 4.69) is 66.3 Å². The Kier molecular flexibility index (Phi) is 5.81. The molecule has 1 atom stereocenters. The van der Waals surface area contributed by atoms with E-state index < -0.39 is 0 Å². The molecule has 0 saturated heterocycles. The Labute approximate surface area is 127 Å². The van der Waals surface area contributed by atoms with Crippen molar-refractivity contribution in [1.29, 1.82) is 0 Å². The summed E-state index contributed by atoms with van der Waals surface area (Å²) < 4.78 is 0. The summed E-state index contributed by atoms with van der Waals surface area (Å²) >= 11 is 1.79. The number of hydrogen-bond acceptors (Lipinski definition) is 2. The van der Waals surface area contributed by atoms with Gasteiger partial charge in [0.2, 0.25) is 0 Å². The molecular formula is C18H25NS. The summed E-state index contributed by atoms with van der Waals surface area (Å²) in [6.07, 6.45) is 3.46. The number of thiophene rings is 1. The Morgan fingerprint density at radius 1 is 1.10 bits per heavy atom. The van der Waals surface area contributed by atoms with Crippen LogP contribution in [0.1, 0.15) is 37.8 Å². The molecule has 0 bridgehead atoms. The van der Waals surface area contributed by atoms with Crippen molar-refractivity contribution < 1.29 is 0 Å². The van der Waals surface area contributed by atoms with E-state index in [0.29, 0.717) is 0 Å². The van der Waals surface area contributed by atoms with Crippen LogP contribution in [0.5, 0.6) is 0 Å². The van der Waals surface area contributed by atoms with Crippen molar-refractivity contribution in [2.75, 3.05) is 13.1 Å². The molecule has 108 valence electrons.